The summed E-state index contributed by atoms with van der Waals surface area (Å²) < 4.78 is 146. The summed E-state index contributed by atoms with van der Waals surface area (Å²) in [5.41, 5.74) is 3.72. The fourth-order valence-electron chi connectivity index (χ4n) is 8.21. The van der Waals surface area contributed by atoms with Crippen LogP contribution in [0.4, 0.5) is 57.7 Å². The molecular weight excluding hydrogens is 1200 g/mol. The molecule has 0 bridgehead atoms. The van der Waals surface area contributed by atoms with Crippen LogP contribution in [0.3, 0.4) is 0 Å². The van der Waals surface area contributed by atoms with Crippen molar-refractivity contribution in [3.05, 3.63) is 149 Å². The number of aromatic hydroxyl groups is 1. The number of aliphatic carboxylic acids is 1. The van der Waals surface area contributed by atoms with Crippen molar-refractivity contribution in [1.82, 2.24) is 15.0 Å². The molecule has 436 valence electrons. The first kappa shape index (κ1) is 59.4. The average Bonchev–Trinajstić information content (AvgIpc) is 1.05. The molecule has 2 aliphatic rings. The summed E-state index contributed by atoms with van der Waals surface area (Å²) in [7, 11) is -17.6. The predicted molar refractivity (Wildman–Crippen MR) is 307 cm³/mol. The molecule has 0 radical (unpaired) electrons. The number of benzene rings is 6. The topological polar surface area (TPSA) is 458 Å². The van der Waals surface area contributed by atoms with Crippen LogP contribution in [0, 0.1) is 6.92 Å². The molecule has 0 aliphatic heterocycles. The number of nitrogens with zero attached hydrogens (tertiary/aromatic N) is 8. The highest BCUT2D eigenvalue weighted by atomic mass is 32.2. The average molecular weight is 1240 g/mol. The van der Waals surface area contributed by atoms with E-state index in [1.54, 1.807) is 66.5 Å². The molecule has 85 heavy (non-hydrogen) atoms. The molecular formula is C51H40N12O18S4. The van der Waals surface area contributed by atoms with E-state index < -0.39 is 117 Å². The number of Topliss-reactive ketones (excluding diaryl/α,β-unsaturated/α-hetero) is 1. The van der Waals surface area contributed by atoms with Crippen molar-refractivity contribution in [3.63, 3.8) is 0 Å². The van der Waals surface area contributed by atoms with Gasteiger partial charge in [-0.1, -0.05) is 18.2 Å². The van der Waals surface area contributed by atoms with Crippen LogP contribution >= 0.6 is 0 Å². The van der Waals surface area contributed by atoms with E-state index >= 15 is 0 Å². The second-order valence-electron chi connectivity index (χ2n) is 18.0. The number of methoxy groups -OCH3 is 1. The number of fused-ring (bicyclic) bond motifs is 2. The Balaban J connectivity index is 1.07. The van der Waals surface area contributed by atoms with Crippen LogP contribution in [-0.2, 0) is 50.1 Å². The molecule has 1 aromatic heterocycles. The molecule has 6 aromatic carbocycles. The van der Waals surface area contributed by atoms with Gasteiger partial charge in [0.05, 0.1) is 66.9 Å². The van der Waals surface area contributed by atoms with Crippen molar-refractivity contribution in [2.24, 2.45) is 20.4 Å². The van der Waals surface area contributed by atoms with Crippen molar-refractivity contribution in [2.45, 2.75) is 21.6 Å². The number of carbonyl (C=O) groups excluding carboxylic acids is 2. The standard InChI is InChI=1S/C51H40N12O18S4/c1-25-15-37(42(81-3)24-36(25)59-61-39-22-33(83(72,73)74)16-26-17-34(84(75,76)77)23-41(65)44(26)39)60-62-46-43(85(78,79)80)19-27-18-32(82(69,70)71)21-38(45(27)47(46)66)53-50-54-49(55-51(56-50)63(2)31-7-5-4-6-8-31)52-28-9-11-29(12-10-28)57-58-30-13-14-40(64)35(20-30)48(67)68/h4-24,57,60,65H,1-3H3,(H,67,68)(H,69,70,71)(H,72,73,74)(H,75,76,77)(H,78,79,80)(H2,52,53,54,55,56)/b58-30-,61-59?,62-46+. The van der Waals surface area contributed by atoms with Gasteiger partial charge in [0.15, 0.2) is 11.5 Å². The third-order valence-electron chi connectivity index (χ3n) is 12.3. The van der Waals surface area contributed by atoms with Gasteiger partial charge in [0, 0.05) is 30.6 Å². The fraction of sp³-hybridized carbons (Fsp3) is 0.0588. The van der Waals surface area contributed by atoms with Gasteiger partial charge >= 0.3 is 5.97 Å². The summed E-state index contributed by atoms with van der Waals surface area (Å²) in [4.78, 5) is 49.6. The molecule has 0 unspecified atom stereocenters. The van der Waals surface area contributed by atoms with Crippen LogP contribution in [0.1, 0.15) is 21.5 Å². The summed E-state index contributed by atoms with van der Waals surface area (Å²) >= 11 is 0. The second-order valence-corrected chi connectivity index (χ2v) is 23.6. The predicted octanol–water partition coefficient (Wildman–Crippen LogP) is 7.27. The second kappa shape index (κ2) is 22.9. The van der Waals surface area contributed by atoms with Gasteiger partial charge in [0.2, 0.25) is 23.6 Å². The number of azo groups is 1. The van der Waals surface area contributed by atoms with E-state index in [9.17, 15) is 76.5 Å². The number of rotatable bonds is 18. The number of nitrogens with one attached hydrogen (secondary N) is 4. The van der Waals surface area contributed by atoms with E-state index in [0.717, 1.165) is 48.6 Å². The van der Waals surface area contributed by atoms with Crippen molar-refractivity contribution in [1.29, 1.82) is 0 Å². The molecule has 0 amide bonds. The third kappa shape index (κ3) is 13.2. The molecule has 0 spiro atoms. The molecule has 0 atom stereocenters. The summed E-state index contributed by atoms with van der Waals surface area (Å²) in [6, 6.07) is 22.3. The van der Waals surface area contributed by atoms with Gasteiger partial charge in [-0.2, -0.15) is 63.9 Å². The number of anilines is 8. The summed E-state index contributed by atoms with van der Waals surface area (Å²) in [5, 5.41) is 41.8. The molecule has 0 saturated carbocycles. The lowest BCUT2D eigenvalue weighted by Crippen LogP contribution is -2.28. The van der Waals surface area contributed by atoms with Crippen LogP contribution in [-0.4, -0.2) is 120 Å². The van der Waals surface area contributed by atoms with Gasteiger partial charge in [-0.3, -0.25) is 38.7 Å². The number of allylic oxidation sites excluding steroid dienone is 4. The maximum atomic E-state index is 14.8. The van der Waals surface area contributed by atoms with Crippen LogP contribution < -0.4 is 31.1 Å². The number of carboxylic acid groups (broad SMARTS) is 1. The molecule has 30 nitrogen and oxygen atoms in total. The zero-order chi connectivity index (χ0) is 61.5. The summed E-state index contributed by atoms with van der Waals surface area (Å²) in [5.74, 6) is -4.80. The molecule has 10 N–H and O–H groups in total. The maximum absolute atomic E-state index is 14.8. The van der Waals surface area contributed by atoms with Crippen LogP contribution in [0.25, 0.3) is 16.8 Å². The van der Waals surface area contributed by atoms with Crippen molar-refractivity contribution in [2.75, 3.05) is 40.5 Å². The molecule has 7 aromatic rings. The number of hydrazone groups is 2. The first-order valence-electron chi connectivity index (χ1n) is 23.7. The number of ketones is 2. The van der Waals surface area contributed by atoms with Crippen molar-refractivity contribution >= 4 is 144 Å². The highest BCUT2D eigenvalue weighted by Crippen LogP contribution is 2.41. The quantitative estimate of drug-likeness (QED) is 0.0133. The lowest BCUT2D eigenvalue weighted by atomic mass is 9.93. The molecule has 1 heterocycles. The van der Waals surface area contributed by atoms with Gasteiger partial charge in [-0.15, -0.1) is 5.11 Å². The number of ether oxygens (including phenoxy) is 1. The van der Waals surface area contributed by atoms with Gasteiger partial charge in [-0.05, 0) is 121 Å². The van der Waals surface area contributed by atoms with Crippen molar-refractivity contribution < 1.29 is 81.2 Å². The van der Waals surface area contributed by atoms with Crippen LogP contribution in [0.5, 0.6) is 11.5 Å². The van der Waals surface area contributed by atoms with E-state index in [2.05, 4.69) is 56.9 Å². The highest BCUT2D eigenvalue weighted by Gasteiger charge is 2.36. The highest BCUT2D eigenvalue weighted by molar-refractivity contribution is 7.91. The Hall–Kier alpha value is -10.2. The number of phenolic OH excluding ortho intramolecular Hbond substituents is 1. The van der Waals surface area contributed by atoms with E-state index in [0.29, 0.717) is 23.1 Å². The number of para-hydroxylation sites is 1. The normalized spacial score (nSPS) is 14.7. The largest absolute Gasteiger partial charge is 0.507 e. The zero-order valence-corrected chi connectivity index (χ0v) is 46.7. The monoisotopic (exact) mass is 1240 g/mol. The minimum absolute atomic E-state index is 0.0147. The number of aromatic nitrogens is 3. The first-order valence-corrected chi connectivity index (χ1v) is 29.5. The Morgan fingerprint density at radius 3 is 1.88 bits per heavy atom. The van der Waals surface area contributed by atoms with E-state index in [4.69, 9.17) is 4.74 Å². The molecule has 34 heteroatoms. The zero-order valence-electron chi connectivity index (χ0n) is 43.4. The Morgan fingerprint density at radius 1 is 0.647 bits per heavy atom. The van der Waals surface area contributed by atoms with Gasteiger partial charge in [-0.25, -0.2) is 4.79 Å². The van der Waals surface area contributed by atoms with Gasteiger partial charge < -0.3 is 30.5 Å². The fourth-order valence-corrected chi connectivity index (χ4v) is 10.5. The number of phenols is 1. The van der Waals surface area contributed by atoms with E-state index in [1.807, 2.05) is 0 Å². The van der Waals surface area contributed by atoms with Gasteiger partial charge in [0.1, 0.15) is 22.0 Å². The number of carboxylic acids is 1. The molecule has 0 fully saturated rings. The first-order chi connectivity index (χ1) is 39.9. The number of aryl methyl sites for hydroxylation is 1. The Bertz CT molecular complexity index is 4690. The minimum atomic E-state index is -5.40. The lowest BCUT2D eigenvalue weighted by molar-refractivity contribution is -0.134. The van der Waals surface area contributed by atoms with E-state index in [-0.39, 0.29) is 57.0 Å². The van der Waals surface area contributed by atoms with E-state index in [1.165, 1.54) is 32.2 Å². The number of hydrogen-bond acceptors (Lipinski definition) is 25. The summed E-state index contributed by atoms with van der Waals surface area (Å²) in [6.07, 6.45) is 4.22. The Labute approximate surface area is 480 Å². The maximum Gasteiger partial charge on any atom is 0.339 e. The molecule has 0 saturated heterocycles. The lowest BCUT2D eigenvalue weighted by Gasteiger charge is -2.22. The number of hydrogen-bond donors (Lipinski definition) is 10. The SMILES string of the molecule is COc1cc(N=Nc2cc(S(=O)(=O)O)cc3cc(S(=O)(=O)O)cc(O)c23)c(C)cc1N/N=C1/C(=O)c2c(cc(S(=O)(=O)O)cc2Nc2nc(Nc3ccc(N/N=C4/C=CC(=O)C(C(=O)O)=C4)cc3)nc(N(C)c3ccccc3)n2)C=C1S(=O)(=O)O. The van der Waals surface area contributed by atoms with Gasteiger partial charge in [0.25, 0.3) is 40.5 Å². The molecule has 2 aliphatic carbocycles. The van der Waals surface area contributed by atoms with Crippen molar-refractivity contribution in [3.8, 4) is 11.5 Å². The Kier molecular flexibility index (Phi) is 16.0. The smallest absolute Gasteiger partial charge is 0.339 e. The third-order valence-corrected chi connectivity index (χ3v) is 15.6. The number of carbonyl (C=O) groups is 3. The summed E-state index contributed by atoms with van der Waals surface area (Å²) in [6.45, 7) is 1.47. The van der Waals surface area contributed by atoms with Crippen LogP contribution in [0.2, 0.25) is 0 Å². The van der Waals surface area contributed by atoms with Crippen LogP contribution in [0.15, 0.2) is 167 Å². The molecule has 9 rings (SSSR count). The Morgan fingerprint density at radius 2 is 1.26 bits per heavy atom. The minimum Gasteiger partial charge on any atom is -0.507 e.